The van der Waals surface area contributed by atoms with Gasteiger partial charge in [0.2, 0.25) is 0 Å². The fraction of sp³-hybridized carbons (Fsp3) is 0.375. The second kappa shape index (κ2) is 3.80. The molecule has 1 heterocycles. The number of aliphatic carboxylic acids is 1. The average molecular weight is 168 g/mol. The van der Waals surface area contributed by atoms with Gasteiger partial charge in [-0.15, -0.1) is 0 Å². The highest BCUT2D eigenvalue weighted by molar-refractivity contribution is 5.69. The largest absolute Gasteiger partial charge is 0.481 e. The lowest BCUT2D eigenvalue weighted by molar-refractivity contribution is -0.140. The summed E-state index contributed by atoms with van der Waals surface area (Å²) in [5.41, 5.74) is 2.94. The molecule has 0 aromatic carbocycles. The van der Waals surface area contributed by atoms with Gasteiger partial charge in [0, 0.05) is 18.9 Å². The number of carboxylic acids is 1. The van der Waals surface area contributed by atoms with E-state index in [9.17, 15) is 4.79 Å². The van der Waals surface area contributed by atoms with E-state index >= 15 is 0 Å². The Morgan fingerprint density at radius 2 is 2.17 bits per heavy atom. The van der Waals surface area contributed by atoms with Crippen molar-refractivity contribution in [1.82, 2.24) is 4.68 Å². The molecule has 0 spiro atoms. The second-order valence-corrected chi connectivity index (χ2v) is 2.69. The van der Waals surface area contributed by atoms with Gasteiger partial charge in [0.05, 0.1) is 5.92 Å². The van der Waals surface area contributed by atoms with Crippen molar-refractivity contribution in [3.05, 3.63) is 24.5 Å². The smallest absolute Gasteiger partial charge is 0.308 e. The summed E-state index contributed by atoms with van der Waals surface area (Å²) in [5, 5.41) is 8.56. The number of carbonyl (C=O) groups is 1. The van der Waals surface area contributed by atoms with Crippen LogP contribution in [0.1, 0.15) is 6.92 Å². The molecule has 0 bridgehead atoms. The first-order valence-corrected chi connectivity index (χ1v) is 3.80. The number of aromatic nitrogens is 1. The zero-order valence-electron chi connectivity index (χ0n) is 6.90. The van der Waals surface area contributed by atoms with Crippen LogP contribution in [0.5, 0.6) is 0 Å². The second-order valence-electron chi connectivity index (χ2n) is 2.69. The Bertz CT molecular complexity index is 244. The molecule has 0 radical (unpaired) electrons. The Hall–Kier alpha value is -1.45. The van der Waals surface area contributed by atoms with Crippen molar-refractivity contribution >= 4 is 5.97 Å². The minimum Gasteiger partial charge on any atom is -0.481 e. The molecule has 1 aromatic heterocycles. The van der Waals surface area contributed by atoms with Crippen LogP contribution in [0.3, 0.4) is 0 Å². The molecule has 2 N–H and O–H groups in total. The number of hydrogen-bond donors (Lipinski definition) is 2. The molecule has 0 fully saturated rings. The Morgan fingerprint density at radius 3 is 2.67 bits per heavy atom. The highest BCUT2D eigenvalue weighted by atomic mass is 16.4. The van der Waals surface area contributed by atoms with E-state index in [0.717, 1.165) is 0 Å². The first-order chi connectivity index (χ1) is 5.70. The van der Waals surface area contributed by atoms with Crippen LogP contribution < -0.4 is 5.43 Å². The van der Waals surface area contributed by atoms with Gasteiger partial charge in [-0.1, -0.05) is 6.92 Å². The predicted octanol–water partition coefficient (Wildman–Crippen LogP) is 0.752. The van der Waals surface area contributed by atoms with E-state index in [-0.39, 0.29) is 5.92 Å². The number of nitrogens with one attached hydrogen (secondary N) is 1. The third-order valence-electron chi connectivity index (χ3n) is 1.61. The van der Waals surface area contributed by atoms with Gasteiger partial charge >= 0.3 is 5.97 Å². The van der Waals surface area contributed by atoms with E-state index in [2.05, 4.69) is 5.43 Å². The number of rotatable bonds is 4. The third kappa shape index (κ3) is 2.30. The summed E-state index contributed by atoms with van der Waals surface area (Å²) >= 11 is 0. The molecule has 66 valence electrons. The van der Waals surface area contributed by atoms with Crippen LogP contribution in [0.2, 0.25) is 0 Å². The van der Waals surface area contributed by atoms with E-state index in [0.29, 0.717) is 6.54 Å². The number of nitrogens with zero attached hydrogens (tertiary/aromatic N) is 1. The summed E-state index contributed by atoms with van der Waals surface area (Å²) < 4.78 is 1.74. The van der Waals surface area contributed by atoms with Crippen LogP contribution in [0.4, 0.5) is 0 Å². The molecule has 0 aliphatic heterocycles. The minimum absolute atomic E-state index is 0.368. The zero-order valence-corrected chi connectivity index (χ0v) is 6.90. The number of carboxylic acid groups (broad SMARTS) is 1. The molecule has 0 amide bonds. The van der Waals surface area contributed by atoms with Crippen LogP contribution in [-0.4, -0.2) is 22.3 Å². The molecule has 1 atom stereocenters. The maximum atomic E-state index is 10.4. The summed E-state index contributed by atoms with van der Waals surface area (Å²) in [6.07, 6.45) is 3.66. The summed E-state index contributed by atoms with van der Waals surface area (Å²) in [7, 11) is 0. The molecular formula is C8H12N2O2. The molecular weight excluding hydrogens is 156 g/mol. The highest BCUT2D eigenvalue weighted by Crippen LogP contribution is 1.93. The predicted molar refractivity (Wildman–Crippen MR) is 45.5 cm³/mol. The summed E-state index contributed by atoms with van der Waals surface area (Å²) in [4.78, 5) is 10.4. The first-order valence-electron chi connectivity index (χ1n) is 3.80. The monoisotopic (exact) mass is 168 g/mol. The van der Waals surface area contributed by atoms with Gasteiger partial charge < -0.3 is 10.5 Å². The molecule has 1 rings (SSSR count). The van der Waals surface area contributed by atoms with Crippen LogP contribution in [0.25, 0.3) is 0 Å². The van der Waals surface area contributed by atoms with Gasteiger partial charge in [-0.25, -0.2) is 0 Å². The fourth-order valence-electron chi connectivity index (χ4n) is 0.770. The zero-order chi connectivity index (χ0) is 8.97. The van der Waals surface area contributed by atoms with Gasteiger partial charge in [-0.05, 0) is 12.1 Å². The third-order valence-corrected chi connectivity index (χ3v) is 1.61. The summed E-state index contributed by atoms with van der Waals surface area (Å²) in [6.45, 7) is 2.10. The maximum absolute atomic E-state index is 10.4. The molecule has 1 unspecified atom stereocenters. The van der Waals surface area contributed by atoms with Crippen molar-refractivity contribution in [3.63, 3.8) is 0 Å². The van der Waals surface area contributed by atoms with Gasteiger partial charge in [-0.2, -0.15) is 0 Å². The van der Waals surface area contributed by atoms with Crippen molar-refractivity contribution in [2.45, 2.75) is 6.92 Å². The number of hydrogen-bond acceptors (Lipinski definition) is 2. The normalized spacial score (nSPS) is 12.4. The Morgan fingerprint density at radius 1 is 1.58 bits per heavy atom. The van der Waals surface area contributed by atoms with Crippen molar-refractivity contribution in [2.24, 2.45) is 5.92 Å². The van der Waals surface area contributed by atoms with E-state index in [1.165, 1.54) is 0 Å². The lowest BCUT2D eigenvalue weighted by atomic mass is 10.2. The molecule has 1 aromatic rings. The molecule has 0 saturated carbocycles. The maximum Gasteiger partial charge on any atom is 0.308 e. The standard InChI is InChI=1S/C8H12N2O2/c1-7(8(11)12)6-9-10-4-2-3-5-10/h2-5,7,9H,6H2,1H3,(H,11,12). The highest BCUT2D eigenvalue weighted by Gasteiger charge is 2.09. The Labute approximate surface area is 70.8 Å². The van der Waals surface area contributed by atoms with Crippen LogP contribution in [0.15, 0.2) is 24.5 Å². The molecule has 12 heavy (non-hydrogen) atoms. The molecule has 4 nitrogen and oxygen atoms in total. The van der Waals surface area contributed by atoms with Crippen LogP contribution in [-0.2, 0) is 4.79 Å². The SMILES string of the molecule is CC(CNn1cccc1)C(=O)O. The first kappa shape index (κ1) is 8.64. The lowest BCUT2D eigenvalue weighted by Crippen LogP contribution is -2.24. The molecule has 0 aliphatic carbocycles. The molecule has 0 saturated heterocycles. The van der Waals surface area contributed by atoms with Crippen molar-refractivity contribution < 1.29 is 9.90 Å². The van der Waals surface area contributed by atoms with Gasteiger partial charge in [0.25, 0.3) is 0 Å². The summed E-state index contributed by atoms with van der Waals surface area (Å²) in [5.74, 6) is -1.15. The van der Waals surface area contributed by atoms with E-state index < -0.39 is 5.97 Å². The van der Waals surface area contributed by atoms with E-state index in [4.69, 9.17) is 5.11 Å². The van der Waals surface area contributed by atoms with Gasteiger partial charge in [0.1, 0.15) is 0 Å². The summed E-state index contributed by atoms with van der Waals surface area (Å²) in [6, 6.07) is 3.75. The molecule has 0 aliphatic rings. The van der Waals surface area contributed by atoms with Crippen molar-refractivity contribution in [1.29, 1.82) is 0 Å². The van der Waals surface area contributed by atoms with Crippen molar-refractivity contribution in [2.75, 3.05) is 12.0 Å². The molecule has 4 heteroatoms. The lowest BCUT2D eigenvalue weighted by Gasteiger charge is -2.09. The fourth-order valence-corrected chi connectivity index (χ4v) is 0.770. The van der Waals surface area contributed by atoms with Gasteiger partial charge in [-0.3, -0.25) is 9.47 Å². The van der Waals surface area contributed by atoms with Crippen LogP contribution in [0, 0.1) is 5.92 Å². The Balaban J connectivity index is 2.31. The minimum atomic E-state index is -0.783. The van der Waals surface area contributed by atoms with E-state index in [1.807, 2.05) is 24.5 Å². The van der Waals surface area contributed by atoms with Crippen LogP contribution >= 0.6 is 0 Å². The van der Waals surface area contributed by atoms with Crippen molar-refractivity contribution in [3.8, 4) is 0 Å². The topological polar surface area (TPSA) is 54.3 Å². The average Bonchev–Trinajstić information content (AvgIpc) is 2.51. The van der Waals surface area contributed by atoms with Gasteiger partial charge in [0.15, 0.2) is 0 Å². The Kier molecular flexibility index (Phi) is 2.74. The van der Waals surface area contributed by atoms with E-state index in [1.54, 1.807) is 11.6 Å². The quantitative estimate of drug-likeness (QED) is 0.697.